The second-order valence-electron chi connectivity index (χ2n) is 3.83. The van der Waals surface area contributed by atoms with Crippen LogP contribution < -0.4 is 5.32 Å². The standard InChI is InChI=1S/C10H14N6O/c1-6-9(7(2)14-13-6)10(17)11-4-8-12-5-16(3)15-8/h5H,4H2,1-3H3,(H,11,17)(H,13,14). The van der Waals surface area contributed by atoms with Crippen LogP contribution in [0.4, 0.5) is 0 Å². The van der Waals surface area contributed by atoms with Crippen molar-refractivity contribution in [2.45, 2.75) is 20.4 Å². The molecule has 0 aliphatic heterocycles. The van der Waals surface area contributed by atoms with E-state index in [-0.39, 0.29) is 5.91 Å². The fourth-order valence-electron chi connectivity index (χ4n) is 1.60. The second-order valence-corrected chi connectivity index (χ2v) is 3.83. The van der Waals surface area contributed by atoms with E-state index in [0.717, 1.165) is 5.69 Å². The van der Waals surface area contributed by atoms with E-state index in [2.05, 4.69) is 25.6 Å². The lowest BCUT2D eigenvalue weighted by atomic mass is 10.2. The number of carbonyl (C=O) groups is 1. The Labute approximate surface area is 98.2 Å². The molecule has 0 aliphatic rings. The summed E-state index contributed by atoms with van der Waals surface area (Å²) in [6.45, 7) is 3.91. The summed E-state index contributed by atoms with van der Waals surface area (Å²) in [7, 11) is 1.78. The Morgan fingerprint density at radius 1 is 1.53 bits per heavy atom. The van der Waals surface area contributed by atoms with Crippen molar-refractivity contribution >= 4 is 5.91 Å². The third kappa shape index (κ3) is 2.32. The first kappa shape index (κ1) is 11.3. The molecule has 17 heavy (non-hydrogen) atoms. The van der Waals surface area contributed by atoms with Gasteiger partial charge in [0.2, 0.25) is 0 Å². The number of rotatable bonds is 3. The third-order valence-electron chi connectivity index (χ3n) is 2.41. The normalized spacial score (nSPS) is 10.5. The van der Waals surface area contributed by atoms with Crippen LogP contribution in [-0.4, -0.2) is 30.9 Å². The van der Waals surface area contributed by atoms with Crippen molar-refractivity contribution in [1.29, 1.82) is 0 Å². The van der Waals surface area contributed by atoms with Gasteiger partial charge in [-0.2, -0.15) is 10.2 Å². The second kappa shape index (κ2) is 4.36. The highest BCUT2D eigenvalue weighted by Gasteiger charge is 2.15. The van der Waals surface area contributed by atoms with E-state index in [4.69, 9.17) is 0 Å². The van der Waals surface area contributed by atoms with Crippen LogP contribution in [0.1, 0.15) is 27.6 Å². The smallest absolute Gasteiger partial charge is 0.255 e. The predicted octanol–water partition coefficient (Wildman–Crippen LogP) is 0.0850. The molecule has 0 aromatic carbocycles. The monoisotopic (exact) mass is 234 g/mol. The van der Waals surface area contributed by atoms with E-state index >= 15 is 0 Å². The minimum absolute atomic E-state index is 0.166. The summed E-state index contributed by atoms with van der Waals surface area (Å²) < 4.78 is 1.59. The van der Waals surface area contributed by atoms with Gasteiger partial charge in [-0.3, -0.25) is 14.6 Å². The molecule has 2 rings (SSSR count). The van der Waals surface area contributed by atoms with Crippen molar-refractivity contribution in [1.82, 2.24) is 30.3 Å². The highest BCUT2D eigenvalue weighted by Crippen LogP contribution is 2.08. The Morgan fingerprint density at radius 3 is 2.82 bits per heavy atom. The number of H-pyrrole nitrogens is 1. The Balaban J connectivity index is 2.03. The van der Waals surface area contributed by atoms with Gasteiger partial charge in [0.25, 0.3) is 5.91 Å². The van der Waals surface area contributed by atoms with Crippen LogP contribution in [0.15, 0.2) is 6.33 Å². The zero-order valence-electron chi connectivity index (χ0n) is 9.98. The number of hydrogen-bond donors (Lipinski definition) is 2. The van der Waals surface area contributed by atoms with Crippen molar-refractivity contribution < 1.29 is 4.79 Å². The number of amides is 1. The summed E-state index contributed by atoms with van der Waals surface area (Å²) in [6, 6.07) is 0. The van der Waals surface area contributed by atoms with Crippen molar-refractivity contribution in [2.24, 2.45) is 7.05 Å². The Kier molecular flexibility index (Phi) is 2.90. The summed E-state index contributed by atoms with van der Waals surface area (Å²) in [6.07, 6.45) is 1.59. The van der Waals surface area contributed by atoms with Gasteiger partial charge in [0.1, 0.15) is 6.33 Å². The molecule has 2 aromatic heterocycles. The molecule has 0 fully saturated rings. The van der Waals surface area contributed by atoms with E-state index in [1.54, 1.807) is 25.0 Å². The molecule has 7 heteroatoms. The summed E-state index contributed by atoms with van der Waals surface area (Å²) in [5.41, 5.74) is 2.03. The number of hydrogen-bond acceptors (Lipinski definition) is 4. The molecule has 2 N–H and O–H groups in total. The quantitative estimate of drug-likeness (QED) is 0.787. The van der Waals surface area contributed by atoms with Crippen LogP contribution in [0.25, 0.3) is 0 Å². The molecule has 0 radical (unpaired) electrons. The SMILES string of the molecule is Cc1n[nH]c(C)c1C(=O)NCc1ncn(C)n1. The lowest BCUT2D eigenvalue weighted by Gasteiger charge is -2.02. The van der Waals surface area contributed by atoms with Crippen LogP contribution >= 0.6 is 0 Å². The highest BCUT2D eigenvalue weighted by molar-refractivity contribution is 5.96. The number of aryl methyl sites for hydroxylation is 3. The van der Waals surface area contributed by atoms with Crippen molar-refractivity contribution in [3.8, 4) is 0 Å². The largest absolute Gasteiger partial charge is 0.345 e. The average molecular weight is 234 g/mol. The number of nitrogens with zero attached hydrogens (tertiary/aromatic N) is 4. The van der Waals surface area contributed by atoms with Crippen LogP contribution in [0.3, 0.4) is 0 Å². The number of nitrogens with one attached hydrogen (secondary N) is 2. The summed E-state index contributed by atoms with van der Waals surface area (Å²) in [5.74, 6) is 0.417. The zero-order chi connectivity index (χ0) is 12.4. The molecule has 90 valence electrons. The minimum Gasteiger partial charge on any atom is -0.345 e. The molecule has 0 bridgehead atoms. The Hall–Kier alpha value is -2.18. The average Bonchev–Trinajstić information content (AvgIpc) is 2.83. The molecule has 2 heterocycles. The molecule has 7 nitrogen and oxygen atoms in total. The first-order valence-electron chi connectivity index (χ1n) is 5.22. The zero-order valence-corrected chi connectivity index (χ0v) is 9.98. The molecule has 0 spiro atoms. The molecule has 1 amide bonds. The topological polar surface area (TPSA) is 88.5 Å². The van der Waals surface area contributed by atoms with Gasteiger partial charge in [0.05, 0.1) is 17.8 Å². The first-order valence-corrected chi connectivity index (χ1v) is 5.22. The van der Waals surface area contributed by atoms with Crippen molar-refractivity contribution in [3.63, 3.8) is 0 Å². The van der Waals surface area contributed by atoms with Gasteiger partial charge in [-0.05, 0) is 13.8 Å². The van der Waals surface area contributed by atoms with Gasteiger partial charge >= 0.3 is 0 Å². The van der Waals surface area contributed by atoms with Gasteiger partial charge in [-0.15, -0.1) is 0 Å². The van der Waals surface area contributed by atoms with E-state index < -0.39 is 0 Å². The number of carbonyl (C=O) groups excluding carboxylic acids is 1. The van der Waals surface area contributed by atoms with Gasteiger partial charge in [0.15, 0.2) is 5.82 Å². The maximum Gasteiger partial charge on any atom is 0.255 e. The van der Waals surface area contributed by atoms with Gasteiger partial charge in [0, 0.05) is 12.7 Å². The summed E-state index contributed by atoms with van der Waals surface area (Å²) in [4.78, 5) is 15.9. The lowest BCUT2D eigenvalue weighted by Crippen LogP contribution is -2.24. The first-order chi connectivity index (χ1) is 8.08. The van der Waals surface area contributed by atoms with E-state index in [1.807, 2.05) is 6.92 Å². The van der Waals surface area contributed by atoms with Crippen molar-refractivity contribution in [3.05, 3.63) is 29.1 Å². The molecule has 0 aliphatic carbocycles. The molecule has 0 unspecified atom stereocenters. The minimum atomic E-state index is -0.166. The predicted molar refractivity (Wildman–Crippen MR) is 60.2 cm³/mol. The van der Waals surface area contributed by atoms with Gasteiger partial charge in [-0.1, -0.05) is 0 Å². The fraction of sp³-hybridized carbons (Fsp3) is 0.400. The maximum absolute atomic E-state index is 11.9. The van der Waals surface area contributed by atoms with E-state index in [9.17, 15) is 4.79 Å². The van der Waals surface area contributed by atoms with Crippen LogP contribution in [-0.2, 0) is 13.6 Å². The van der Waals surface area contributed by atoms with Gasteiger partial charge in [-0.25, -0.2) is 4.98 Å². The summed E-state index contributed by atoms with van der Waals surface area (Å²) in [5, 5.41) is 13.6. The third-order valence-corrected chi connectivity index (χ3v) is 2.41. The number of aromatic amines is 1. The molecule has 0 saturated carbocycles. The Morgan fingerprint density at radius 2 is 2.29 bits per heavy atom. The van der Waals surface area contributed by atoms with Crippen LogP contribution in [0.5, 0.6) is 0 Å². The van der Waals surface area contributed by atoms with Gasteiger partial charge < -0.3 is 5.32 Å². The lowest BCUT2D eigenvalue weighted by molar-refractivity contribution is 0.0948. The molecular weight excluding hydrogens is 220 g/mol. The summed E-state index contributed by atoms with van der Waals surface area (Å²) >= 11 is 0. The molecular formula is C10H14N6O. The fourth-order valence-corrected chi connectivity index (χ4v) is 1.60. The van der Waals surface area contributed by atoms with E-state index in [0.29, 0.717) is 23.6 Å². The Bertz CT molecular complexity index is 521. The highest BCUT2D eigenvalue weighted by atomic mass is 16.1. The maximum atomic E-state index is 11.9. The van der Waals surface area contributed by atoms with E-state index in [1.165, 1.54) is 0 Å². The molecule has 0 atom stereocenters. The molecule has 2 aromatic rings. The number of aromatic nitrogens is 5. The molecule has 0 saturated heterocycles. The van der Waals surface area contributed by atoms with Crippen molar-refractivity contribution in [2.75, 3.05) is 0 Å². The van der Waals surface area contributed by atoms with Crippen LogP contribution in [0.2, 0.25) is 0 Å². The van der Waals surface area contributed by atoms with Crippen LogP contribution in [0, 0.1) is 13.8 Å².